The summed E-state index contributed by atoms with van der Waals surface area (Å²) in [6.45, 7) is 4.25. The highest BCUT2D eigenvalue weighted by atomic mass is 16.5. The minimum absolute atomic E-state index is 0.000597. The van der Waals surface area contributed by atoms with Crippen LogP contribution in [0.5, 0.6) is 5.75 Å². The number of carbonyl (C=O) groups excluding carboxylic acids is 2. The van der Waals surface area contributed by atoms with E-state index in [-0.39, 0.29) is 23.7 Å². The fourth-order valence-corrected chi connectivity index (χ4v) is 5.00. The van der Waals surface area contributed by atoms with Gasteiger partial charge in [-0.3, -0.25) is 4.79 Å². The van der Waals surface area contributed by atoms with Gasteiger partial charge in [0.1, 0.15) is 12.3 Å². The summed E-state index contributed by atoms with van der Waals surface area (Å²) in [6, 6.07) is 26.5. The van der Waals surface area contributed by atoms with Crippen LogP contribution in [0.2, 0.25) is 0 Å². The van der Waals surface area contributed by atoms with Gasteiger partial charge in [0.05, 0.1) is 17.4 Å². The fourth-order valence-electron chi connectivity index (χ4n) is 5.00. The van der Waals surface area contributed by atoms with E-state index in [9.17, 15) is 9.59 Å². The van der Waals surface area contributed by atoms with Crippen LogP contribution in [0.25, 0.3) is 0 Å². The summed E-state index contributed by atoms with van der Waals surface area (Å²) in [5, 5.41) is 3.57. The first kappa shape index (κ1) is 22.0. The molecule has 0 aromatic heterocycles. The number of esters is 1. The highest BCUT2D eigenvalue weighted by Crippen LogP contribution is 2.48. The molecule has 0 saturated carbocycles. The Morgan fingerprint density at radius 1 is 0.941 bits per heavy atom. The Morgan fingerprint density at radius 3 is 2.32 bits per heavy atom. The smallest absolute Gasteiger partial charge is 0.330 e. The van der Waals surface area contributed by atoms with Crippen LogP contribution in [0.4, 0.5) is 11.4 Å². The molecule has 0 spiro atoms. The molecule has 1 atom stereocenters. The number of hydrogen-bond acceptors (Lipinski definition) is 5. The molecule has 0 saturated heterocycles. The third-order valence-electron chi connectivity index (χ3n) is 6.39. The summed E-state index contributed by atoms with van der Waals surface area (Å²) in [5.41, 5.74) is 4.23. The number of Topliss-reactive ketones (excluding diaryl/α,β-unsaturated/α-hetero) is 1. The zero-order valence-electron chi connectivity index (χ0n) is 19.5. The number of nitrogens with one attached hydrogen (secondary N) is 1. The second-order valence-corrected chi connectivity index (χ2v) is 9.70. The van der Waals surface area contributed by atoms with Crippen molar-refractivity contribution in [3.05, 3.63) is 102 Å². The summed E-state index contributed by atoms with van der Waals surface area (Å²) < 4.78 is 5.65. The summed E-state index contributed by atoms with van der Waals surface area (Å²) in [6.07, 6.45) is 1.23. The van der Waals surface area contributed by atoms with Crippen LogP contribution in [0.1, 0.15) is 38.3 Å². The molecule has 5 nitrogen and oxygen atoms in total. The van der Waals surface area contributed by atoms with Crippen LogP contribution in [-0.4, -0.2) is 18.3 Å². The molecule has 0 radical (unpaired) electrons. The van der Waals surface area contributed by atoms with Gasteiger partial charge in [-0.25, -0.2) is 4.79 Å². The van der Waals surface area contributed by atoms with Crippen molar-refractivity contribution in [3.8, 4) is 5.75 Å². The van der Waals surface area contributed by atoms with Crippen LogP contribution >= 0.6 is 0 Å². The summed E-state index contributed by atoms with van der Waals surface area (Å²) in [5.74, 6) is 0.233. The third kappa shape index (κ3) is 4.34. The molecule has 3 aromatic rings. The Kier molecular flexibility index (Phi) is 5.70. The van der Waals surface area contributed by atoms with E-state index in [2.05, 4.69) is 19.2 Å². The second-order valence-electron chi connectivity index (χ2n) is 9.70. The maximum atomic E-state index is 13.6. The van der Waals surface area contributed by atoms with Gasteiger partial charge in [0.15, 0.2) is 5.78 Å². The van der Waals surface area contributed by atoms with Crippen molar-refractivity contribution in [2.75, 3.05) is 16.8 Å². The summed E-state index contributed by atoms with van der Waals surface area (Å²) >= 11 is 0. The quantitative estimate of drug-likeness (QED) is 0.394. The minimum Gasteiger partial charge on any atom is -0.425 e. The summed E-state index contributed by atoms with van der Waals surface area (Å²) in [4.78, 5) is 28.8. The third-order valence-corrected chi connectivity index (χ3v) is 6.39. The maximum Gasteiger partial charge on any atom is 0.330 e. The van der Waals surface area contributed by atoms with Gasteiger partial charge in [-0.2, -0.15) is 0 Å². The van der Waals surface area contributed by atoms with Gasteiger partial charge in [0.2, 0.25) is 0 Å². The monoisotopic (exact) mass is 452 g/mol. The van der Waals surface area contributed by atoms with Crippen LogP contribution in [0.15, 0.2) is 96.2 Å². The molecule has 1 heterocycles. The van der Waals surface area contributed by atoms with E-state index in [1.54, 1.807) is 12.1 Å². The maximum absolute atomic E-state index is 13.6. The van der Waals surface area contributed by atoms with Crippen LogP contribution in [0, 0.1) is 5.41 Å². The first-order valence-corrected chi connectivity index (χ1v) is 11.6. The van der Waals surface area contributed by atoms with E-state index in [0.29, 0.717) is 12.2 Å². The van der Waals surface area contributed by atoms with Crippen molar-refractivity contribution >= 4 is 23.1 Å². The Hall–Kier alpha value is -3.86. The van der Waals surface area contributed by atoms with Gasteiger partial charge >= 0.3 is 5.97 Å². The summed E-state index contributed by atoms with van der Waals surface area (Å²) in [7, 11) is 0. The number of rotatable bonds is 4. The van der Waals surface area contributed by atoms with Gasteiger partial charge < -0.3 is 15.0 Å². The van der Waals surface area contributed by atoms with Crippen molar-refractivity contribution in [3.63, 3.8) is 0 Å². The Labute approximate surface area is 200 Å². The number of ether oxygens (including phenoxy) is 1. The number of carbonyl (C=O) groups is 2. The standard InChI is InChI=1S/C29H28N2O3/c1-29(2)17-23-27(25(32)18-29)28(20-11-5-3-6-12-20)31(24-16-10-9-15-22(24)30-23)19-26(33)34-21-13-7-4-8-14-21/h3-16,28,30H,17-19H2,1-2H3/t28-/m0/s1. The number of benzene rings is 3. The topological polar surface area (TPSA) is 58.6 Å². The molecule has 1 N–H and O–H groups in total. The molecule has 0 fully saturated rings. The Morgan fingerprint density at radius 2 is 1.59 bits per heavy atom. The van der Waals surface area contributed by atoms with Gasteiger partial charge in [-0.1, -0.05) is 74.5 Å². The van der Waals surface area contributed by atoms with Crippen LogP contribution in [-0.2, 0) is 9.59 Å². The molecule has 1 aliphatic carbocycles. The van der Waals surface area contributed by atoms with Crippen molar-refractivity contribution < 1.29 is 14.3 Å². The molecule has 2 aliphatic rings. The lowest BCUT2D eigenvalue weighted by atomic mass is 9.73. The molecule has 5 rings (SSSR count). The zero-order chi connectivity index (χ0) is 23.7. The lowest BCUT2D eigenvalue weighted by molar-refractivity contribution is -0.133. The highest BCUT2D eigenvalue weighted by Gasteiger charge is 2.41. The Bertz CT molecular complexity index is 1250. The van der Waals surface area contributed by atoms with E-state index in [0.717, 1.165) is 34.6 Å². The number of para-hydroxylation sites is 3. The second kappa shape index (κ2) is 8.82. The normalized spacial score (nSPS) is 18.9. The van der Waals surface area contributed by atoms with Crippen LogP contribution < -0.4 is 15.0 Å². The fraction of sp³-hybridized carbons (Fsp3) is 0.241. The predicted molar refractivity (Wildman–Crippen MR) is 134 cm³/mol. The number of allylic oxidation sites excluding steroid dienone is 1. The molecule has 0 bridgehead atoms. The molecule has 172 valence electrons. The molecule has 34 heavy (non-hydrogen) atoms. The highest BCUT2D eigenvalue weighted by molar-refractivity contribution is 6.01. The number of ketones is 1. The number of anilines is 2. The van der Waals surface area contributed by atoms with Gasteiger partial charge in [-0.05, 0) is 41.7 Å². The van der Waals surface area contributed by atoms with Crippen LogP contribution in [0.3, 0.4) is 0 Å². The van der Waals surface area contributed by atoms with Crippen molar-refractivity contribution in [1.82, 2.24) is 0 Å². The molecular formula is C29H28N2O3. The van der Waals surface area contributed by atoms with E-state index in [1.165, 1.54) is 0 Å². The molecule has 3 aromatic carbocycles. The largest absolute Gasteiger partial charge is 0.425 e. The number of hydrogen-bond donors (Lipinski definition) is 1. The molecule has 0 amide bonds. The first-order chi connectivity index (χ1) is 16.4. The predicted octanol–water partition coefficient (Wildman–Crippen LogP) is 5.91. The Balaban J connectivity index is 1.63. The van der Waals surface area contributed by atoms with Crippen molar-refractivity contribution in [1.29, 1.82) is 0 Å². The average molecular weight is 453 g/mol. The van der Waals surface area contributed by atoms with Gasteiger partial charge in [0, 0.05) is 17.7 Å². The molecule has 0 unspecified atom stereocenters. The minimum atomic E-state index is -0.403. The average Bonchev–Trinajstić information content (AvgIpc) is 2.94. The molecular weight excluding hydrogens is 424 g/mol. The SMILES string of the molecule is CC1(C)CC(=O)C2=C(C1)Nc1ccccc1N(CC(=O)Oc1ccccc1)[C@H]2c1ccccc1. The van der Waals surface area contributed by atoms with E-state index in [4.69, 9.17) is 4.74 Å². The lowest BCUT2D eigenvalue weighted by Crippen LogP contribution is -2.39. The number of nitrogens with zero attached hydrogens (tertiary/aromatic N) is 1. The number of fused-ring (bicyclic) bond motifs is 1. The molecule has 1 aliphatic heterocycles. The van der Waals surface area contributed by atoms with Gasteiger partial charge in [-0.15, -0.1) is 0 Å². The van der Waals surface area contributed by atoms with E-state index < -0.39 is 6.04 Å². The zero-order valence-corrected chi connectivity index (χ0v) is 19.5. The first-order valence-electron chi connectivity index (χ1n) is 11.6. The van der Waals surface area contributed by atoms with Crippen molar-refractivity contribution in [2.45, 2.75) is 32.7 Å². The van der Waals surface area contributed by atoms with E-state index in [1.807, 2.05) is 77.7 Å². The lowest BCUT2D eigenvalue weighted by Gasteiger charge is -2.37. The van der Waals surface area contributed by atoms with E-state index >= 15 is 0 Å². The van der Waals surface area contributed by atoms with Crippen molar-refractivity contribution in [2.24, 2.45) is 5.41 Å². The molecule has 5 heteroatoms. The van der Waals surface area contributed by atoms with Gasteiger partial charge in [0.25, 0.3) is 0 Å².